The standard InChI is InChI=1S/C15H32N2O/c1-14(2)9-6-7-13(8-10-14)16-11-15(3,18)12-17(4)5/h13,16,18H,6-12H2,1-5H3. The maximum atomic E-state index is 10.3. The minimum atomic E-state index is -0.634. The van der Waals surface area contributed by atoms with E-state index in [9.17, 15) is 5.11 Å². The zero-order chi connectivity index (χ0) is 13.8. The molecular weight excluding hydrogens is 224 g/mol. The van der Waals surface area contributed by atoms with Crippen molar-refractivity contribution in [2.24, 2.45) is 5.41 Å². The Hall–Kier alpha value is -0.120. The fourth-order valence-corrected chi connectivity index (χ4v) is 2.97. The zero-order valence-corrected chi connectivity index (χ0v) is 12.9. The maximum absolute atomic E-state index is 10.3. The van der Waals surface area contributed by atoms with Gasteiger partial charge in [0.25, 0.3) is 0 Å². The Balaban J connectivity index is 2.35. The monoisotopic (exact) mass is 256 g/mol. The molecule has 0 saturated heterocycles. The number of nitrogens with zero attached hydrogens (tertiary/aromatic N) is 1. The van der Waals surface area contributed by atoms with Crippen molar-refractivity contribution in [2.45, 2.75) is 64.5 Å². The van der Waals surface area contributed by atoms with Gasteiger partial charge < -0.3 is 15.3 Å². The van der Waals surface area contributed by atoms with E-state index in [0.29, 0.717) is 24.5 Å². The Labute approximate surface area is 113 Å². The van der Waals surface area contributed by atoms with Crippen molar-refractivity contribution in [3.8, 4) is 0 Å². The summed E-state index contributed by atoms with van der Waals surface area (Å²) in [7, 11) is 4.01. The van der Waals surface area contributed by atoms with Crippen LogP contribution < -0.4 is 5.32 Å². The average molecular weight is 256 g/mol. The molecule has 1 aliphatic carbocycles. The molecule has 2 unspecified atom stereocenters. The molecule has 0 spiro atoms. The lowest BCUT2D eigenvalue weighted by Crippen LogP contribution is -2.48. The molecule has 1 aliphatic rings. The van der Waals surface area contributed by atoms with Crippen LogP contribution >= 0.6 is 0 Å². The van der Waals surface area contributed by atoms with Crippen LogP contribution in [0.5, 0.6) is 0 Å². The van der Waals surface area contributed by atoms with Gasteiger partial charge in [0, 0.05) is 19.1 Å². The van der Waals surface area contributed by atoms with Crippen LogP contribution in [-0.2, 0) is 0 Å². The summed E-state index contributed by atoms with van der Waals surface area (Å²) in [6, 6.07) is 0.584. The second kappa shape index (κ2) is 6.36. The molecule has 0 aliphatic heterocycles. The molecule has 1 saturated carbocycles. The van der Waals surface area contributed by atoms with E-state index in [-0.39, 0.29) is 0 Å². The van der Waals surface area contributed by atoms with Crippen LogP contribution in [0.25, 0.3) is 0 Å². The summed E-state index contributed by atoms with van der Waals surface area (Å²) in [6.45, 7) is 8.06. The van der Waals surface area contributed by atoms with Gasteiger partial charge in [-0.3, -0.25) is 0 Å². The normalized spacial score (nSPS) is 27.8. The second-order valence-corrected chi connectivity index (χ2v) is 7.41. The largest absolute Gasteiger partial charge is 0.388 e. The Morgan fingerprint density at radius 2 is 1.94 bits per heavy atom. The highest BCUT2D eigenvalue weighted by Crippen LogP contribution is 2.33. The smallest absolute Gasteiger partial charge is 0.0869 e. The Morgan fingerprint density at radius 3 is 2.56 bits per heavy atom. The van der Waals surface area contributed by atoms with Gasteiger partial charge in [0.05, 0.1) is 5.60 Å². The summed E-state index contributed by atoms with van der Waals surface area (Å²) in [6.07, 6.45) is 6.42. The van der Waals surface area contributed by atoms with Crippen LogP contribution in [0, 0.1) is 5.41 Å². The second-order valence-electron chi connectivity index (χ2n) is 7.41. The van der Waals surface area contributed by atoms with Crippen molar-refractivity contribution in [1.29, 1.82) is 0 Å². The molecule has 0 aromatic heterocycles. The van der Waals surface area contributed by atoms with Crippen LogP contribution in [0.4, 0.5) is 0 Å². The molecule has 2 atom stereocenters. The molecule has 0 heterocycles. The van der Waals surface area contributed by atoms with E-state index >= 15 is 0 Å². The minimum absolute atomic E-state index is 0.503. The van der Waals surface area contributed by atoms with Crippen molar-refractivity contribution in [1.82, 2.24) is 10.2 Å². The molecule has 1 fully saturated rings. The van der Waals surface area contributed by atoms with Crippen molar-refractivity contribution < 1.29 is 5.11 Å². The molecule has 1 rings (SSSR count). The third-order valence-electron chi connectivity index (χ3n) is 4.00. The van der Waals surface area contributed by atoms with Crippen LogP contribution in [0.1, 0.15) is 52.9 Å². The third kappa shape index (κ3) is 6.17. The lowest BCUT2D eigenvalue weighted by Gasteiger charge is -2.29. The van der Waals surface area contributed by atoms with Gasteiger partial charge in [0.1, 0.15) is 0 Å². The lowest BCUT2D eigenvalue weighted by molar-refractivity contribution is 0.0308. The molecule has 18 heavy (non-hydrogen) atoms. The van der Waals surface area contributed by atoms with Crippen LogP contribution in [0.15, 0.2) is 0 Å². The summed E-state index contributed by atoms with van der Waals surface area (Å²) in [4.78, 5) is 2.04. The van der Waals surface area contributed by atoms with E-state index < -0.39 is 5.60 Å². The van der Waals surface area contributed by atoms with E-state index in [0.717, 1.165) is 0 Å². The number of hydrogen-bond donors (Lipinski definition) is 2. The maximum Gasteiger partial charge on any atom is 0.0869 e. The molecule has 108 valence electrons. The molecule has 3 nitrogen and oxygen atoms in total. The predicted molar refractivity (Wildman–Crippen MR) is 77.8 cm³/mol. The van der Waals surface area contributed by atoms with Gasteiger partial charge in [0.15, 0.2) is 0 Å². The van der Waals surface area contributed by atoms with E-state index in [1.165, 1.54) is 32.1 Å². The number of nitrogens with one attached hydrogen (secondary N) is 1. The first-order chi connectivity index (χ1) is 8.20. The van der Waals surface area contributed by atoms with Gasteiger partial charge in [-0.15, -0.1) is 0 Å². The van der Waals surface area contributed by atoms with E-state index in [1.807, 2.05) is 25.9 Å². The molecule has 2 N–H and O–H groups in total. The first kappa shape index (κ1) is 15.9. The van der Waals surface area contributed by atoms with E-state index in [1.54, 1.807) is 0 Å². The van der Waals surface area contributed by atoms with Crippen molar-refractivity contribution in [2.75, 3.05) is 27.2 Å². The van der Waals surface area contributed by atoms with Gasteiger partial charge in [-0.05, 0) is 52.1 Å². The summed E-state index contributed by atoms with van der Waals surface area (Å²) in [5, 5.41) is 13.9. The van der Waals surface area contributed by atoms with Crippen LogP contribution in [0.2, 0.25) is 0 Å². The number of rotatable bonds is 5. The number of aliphatic hydroxyl groups is 1. The topological polar surface area (TPSA) is 35.5 Å². The molecule has 0 aromatic rings. The molecule has 0 bridgehead atoms. The average Bonchev–Trinajstić information content (AvgIpc) is 2.35. The molecule has 3 heteroatoms. The highest BCUT2D eigenvalue weighted by Gasteiger charge is 2.26. The van der Waals surface area contributed by atoms with Crippen molar-refractivity contribution >= 4 is 0 Å². The van der Waals surface area contributed by atoms with Gasteiger partial charge in [-0.1, -0.05) is 20.3 Å². The summed E-state index contributed by atoms with van der Waals surface area (Å²) in [5.41, 5.74) is -0.131. The van der Waals surface area contributed by atoms with Gasteiger partial charge in [-0.2, -0.15) is 0 Å². The molecular formula is C15H32N2O. The predicted octanol–water partition coefficient (Wildman–Crippen LogP) is 2.25. The highest BCUT2D eigenvalue weighted by atomic mass is 16.3. The highest BCUT2D eigenvalue weighted by molar-refractivity contribution is 4.84. The molecule has 0 radical (unpaired) electrons. The fraction of sp³-hybridized carbons (Fsp3) is 1.00. The van der Waals surface area contributed by atoms with Gasteiger partial charge in [0.2, 0.25) is 0 Å². The SMILES string of the molecule is CN(C)CC(C)(O)CNC1CCCC(C)(C)CC1. The Bertz CT molecular complexity index is 249. The molecule has 0 amide bonds. The van der Waals surface area contributed by atoms with E-state index in [2.05, 4.69) is 19.2 Å². The first-order valence-electron chi connectivity index (χ1n) is 7.31. The Morgan fingerprint density at radius 1 is 1.28 bits per heavy atom. The number of likely N-dealkylation sites (N-methyl/N-ethyl adjacent to an activating group) is 1. The molecule has 0 aromatic carbocycles. The minimum Gasteiger partial charge on any atom is -0.388 e. The summed E-state index contributed by atoms with van der Waals surface area (Å²) in [5.74, 6) is 0. The van der Waals surface area contributed by atoms with Crippen molar-refractivity contribution in [3.63, 3.8) is 0 Å². The summed E-state index contributed by atoms with van der Waals surface area (Å²) >= 11 is 0. The third-order valence-corrected chi connectivity index (χ3v) is 4.00. The van der Waals surface area contributed by atoms with Crippen LogP contribution in [0.3, 0.4) is 0 Å². The van der Waals surface area contributed by atoms with Gasteiger partial charge >= 0.3 is 0 Å². The summed E-state index contributed by atoms with van der Waals surface area (Å²) < 4.78 is 0. The van der Waals surface area contributed by atoms with E-state index in [4.69, 9.17) is 0 Å². The fourth-order valence-electron chi connectivity index (χ4n) is 2.97. The zero-order valence-electron chi connectivity index (χ0n) is 12.9. The van der Waals surface area contributed by atoms with Crippen LogP contribution in [-0.4, -0.2) is 48.8 Å². The first-order valence-corrected chi connectivity index (χ1v) is 7.31. The Kier molecular flexibility index (Phi) is 5.63. The quantitative estimate of drug-likeness (QED) is 0.741. The number of hydrogen-bond acceptors (Lipinski definition) is 3. The lowest BCUT2D eigenvalue weighted by atomic mass is 9.85. The van der Waals surface area contributed by atoms with Crippen molar-refractivity contribution in [3.05, 3.63) is 0 Å². The van der Waals surface area contributed by atoms with Gasteiger partial charge in [-0.25, -0.2) is 0 Å².